The van der Waals surface area contributed by atoms with Gasteiger partial charge in [0.15, 0.2) is 0 Å². The summed E-state index contributed by atoms with van der Waals surface area (Å²) in [5.41, 5.74) is 8.65. The highest BCUT2D eigenvalue weighted by Gasteiger charge is 2.38. The lowest BCUT2D eigenvalue weighted by molar-refractivity contribution is 0.362. The maximum absolute atomic E-state index is 3.83. The third-order valence-corrected chi connectivity index (χ3v) is 5.75. The van der Waals surface area contributed by atoms with Gasteiger partial charge in [0.2, 0.25) is 0 Å². The minimum Gasteiger partial charge on any atom is -0.354 e. The van der Waals surface area contributed by atoms with Crippen molar-refractivity contribution in [3.63, 3.8) is 0 Å². The molecular formula is C22H21N. The Labute approximate surface area is 137 Å². The molecule has 0 atom stereocenters. The molecule has 1 aromatic heterocycles. The normalized spacial score (nSPS) is 22.1. The van der Waals surface area contributed by atoms with E-state index in [1.54, 1.807) is 11.1 Å². The molecule has 0 spiro atoms. The molecule has 1 heteroatoms. The van der Waals surface area contributed by atoms with Gasteiger partial charge < -0.3 is 4.98 Å². The molecule has 1 N–H and O–H groups in total. The molecule has 1 saturated carbocycles. The van der Waals surface area contributed by atoms with Gasteiger partial charge in [0, 0.05) is 11.4 Å². The van der Waals surface area contributed by atoms with E-state index in [1.165, 1.54) is 48.2 Å². The van der Waals surface area contributed by atoms with Crippen LogP contribution >= 0.6 is 0 Å². The van der Waals surface area contributed by atoms with E-state index in [-0.39, 0.29) is 0 Å². The first-order valence-electron chi connectivity index (χ1n) is 8.78. The largest absolute Gasteiger partial charge is 0.354 e. The summed E-state index contributed by atoms with van der Waals surface area (Å²) in [5, 5.41) is 0. The van der Waals surface area contributed by atoms with E-state index in [4.69, 9.17) is 0 Å². The number of aromatic amines is 1. The Morgan fingerprint density at radius 3 is 1.35 bits per heavy atom. The van der Waals surface area contributed by atoms with Gasteiger partial charge in [-0.25, -0.2) is 0 Å². The van der Waals surface area contributed by atoms with Crippen LogP contribution in [0.25, 0.3) is 22.5 Å². The van der Waals surface area contributed by atoms with Crippen molar-refractivity contribution >= 4 is 0 Å². The summed E-state index contributed by atoms with van der Waals surface area (Å²) in [6, 6.07) is 21.7. The lowest BCUT2D eigenvalue weighted by atomic mass is 9.66. The van der Waals surface area contributed by atoms with Crippen LogP contribution < -0.4 is 0 Å². The third-order valence-electron chi connectivity index (χ3n) is 5.75. The van der Waals surface area contributed by atoms with Crippen molar-refractivity contribution in [2.45, 2.75) is 37.5 Å². The van der Waals surface area contributed by atoms with Crippen LogP contribution in [0.15, 0.2) is 60.7 Å². The van der Waals surface area contributed by atoms with E-state index in [0.29, 0.717) is 0 Å². The van der Waals surface area contributed by atoms with Gasteiger partial charge in [0.1, 0.15) is 0 Å². The van der Waals surface area contributed by atoms with Crippen LogP contribution in [0.1, 0.15) is 48.6 Å². The van der Waals surface area contributed by atoms with E-state index in [0.717, 1.165) is 11.8 Å². The number of rotatable bonds is 2. The first-order valence-corrected chi connectivity index (χ1v) is 8.78. The van der Waals surface area contributed by atoms with E-state index in [9.17, 15) is 0 Å². The molecule has 3 aromatic rings. The average molecular weight is 299 g/mol. The molecule has 3 aliphatic carbocycles. The van der Waals surface area contributed by atoms with Crippen molar-refractivity contribution in [3.05, 3.63) is 71.8 Å². The molecule has 114 valence electrons. The van der Waals surface area contributed by atoms with Crippen LogP contribution in [0.5, 0.6) is 0 Å². The maximum atomic E-state index is 3.83. The van der Waals surface area contributed by atoms with Crippen molar-refractivity contribution in [1.82, 2.24) is 4.98 Å². The smallest absolute Gasteiger partial charge is 0.0497 e. The molecule has 6 rings (SSSR count). The van der Waals surface area contributed by atoms with Gasteiger partial charge >= 0.3 is 0 Å². The van der Waals surface area contributed by atoms with Gasteiger partial charge in [0.05, 0.1) is 0 Å². The molecule has 2 aromatic carbocycles. The number of fused-ring (bicyclic) bond motifs is 2. The third kappa shape index (κ3) is 1.99. The summed E-state index contributed by atoms with van der Waals surface area (Å²) < 4.78 is 0. The van der Waals surface area contributed by atoms with Crippen LogP contribution in [0.3, 0.4) is 0 Å². The molecule has 0 unspecified atom stereocenters. The van der Waals surface area contributed by atoms with Crippen LogP contribution in [-0.4, -0.2) is 4.98 Å². The van der Waals surface area contributed by atoms with Gasteiger partial charge in [-0.3, -0.25) is 0 Å². The molecule has 1 nitrogen and oxygen atoms in total. The molecule has 23 heavy (non-hydrogen) atoms. The van der Waals surface area contributed by atoms with Crippen LogP contribution in [0.4, 0.5) is 0 Å². The summed E-state index contributed by atoms with van der Waals surface area (Å²) in [6.07, 6.45) is 5.46. The number of H-pyrrole nitrogens is 1. The monoisotopic (exact) mass is 299 g/mol. The number of nitrogens with one attached hydrogen (secondary N) is 1. The Morgan fingerprint density at radius 2 is 0.957 bits per heavy atom. The fourth-order valence-electron chi connectivity index (χ4n) is 4.71. The molecule has 0 amide bonds. The molecule has 2 bridgehead atoms. The van der Waals surface area contributed by atoms with Crippen LogP contribution in [0.2, 0.25) is 0 Å². The summed E-state index contributed by atoms with van der Waals surface area (Å²) in [7, 11) is 0. The van der Waals surface area contributed by atoms with Crippen molar-refractivity contribution in [3.8, 4) is 22.5 Å². The number of hydrogen-bond acceptors (Lipinski definition) is 0. The van der Waals surface area contributed by atoms with Gasteiger partial charge in [-0.1, -0.05) is 60.7 Å². The molecule has 0 radical (unpaired) electrons. The fourth-order valence-corrected chi connectivity index (χ4v) is 4.71. The Kier molecular flexibility index (Phi) is 2.94. The standard InChI is InChI=1S/C22H21N/c1-3-7-17(8-4-1)21-19-15-11-13-16(14-12-15)20(19)22(23-21)18-9-5-2-6-10-18/h1-10,15-16,23H,11-14H2. The minimum absolute atomic E-state index is 0.749. The molecule has 3 aliphatic rings. The number of hydrogen-bond donors (Lipinski definition) is 1. The van der Waals surface area contributed by atoms with Crippen LogP contribution in [-0.2, 0) is 0 Å². The highest BCUT2D eigenvalue weighted by Crippen LogP contribution is 2.55. The first kappa shape index (κ1) is 13.2. The van der Waals surface area contributed by atoms with Gasteiger partial charge in [-0.2, -0.15) is 0 Å². The Hall–Kier alpha value is -2.28. The molecule has 0 aliphatic heterocycles. The second-order valence-corrected chi connectivity index (χ2v) is 6.98. The second-order valence-electron chi connectivity index (χ2n) is 6.98. The molecule has 1 heterocycles. The van der Waals surface area contributed by atoms with Crippen molar-refractivity contribution in [2.24, 2.45) is 0 Å². The SMILES string of the molecule is c1ccc(-c2[nH]c(-c3ccccc3)c3c2C2CCC3CC2)cc1. The highest BCUT2D eigenvalue weighted by atomic mass is 14.8. The Balaban J connectivity index is 1.78. The van der Waals surface area contributed by atoms with Crippen molar-refractivity contribution in [2.75, 3.05) is 0 Å². The molecule has 1 fully saturated rings. The second kappa shape index (κ2) is 5.13. The van der Waals surface area contributed by atoms with Gasteiger partial charge in [-0.15, -0.1) is 0 Å². The maximum Gasteiger partial charge on any atom is 0.0497 e. The quantitative estimate of drug-likeness (QED) is 0.588. The minimum atomic E-state index is 0.749. The lowest BCUT2D eigenvalue weighted by Gasteiger charge is -2.37. The van der Waals surface area contributed by atoms with E-state index < -0.39 is 0 Å². The van der Waals surface area contributed by atoms with E-state index >= 15 is 0 Å². The average Bonchev–Trinajstić information content (AvgIpc) is 3.07. The topological polar surface area (TPSA) is 15.8 Å². The van der Waals surface area contributed by atoms with Gasteiger partial charge in [0.25, 0.3) is 0 Å². The molecule has 0 saturated heterocycles. The predicted octanol–water partition coefficient (Wildman–Crippen LogP) is 6.10. The van der Waals surface area contributed by atoms with Crippen molar-refractivity contribution in [1.29, 1.82) is 0 Å². The first-order chi connectivity index (χ1) is 11.4. The summed E-state index contributed by atoms with van der Waals surface area (Å²) in [4.78, 5) is 3.83. The van der Waals surface area contributed by atoms with Crippen molar-refractivity contribution < 1.29 is 0 Å². The summed E-state index contributed by atoms with van der Waals surface area (Å²) >= 11 is 0. The molecular weight excluding hydrogens is 278 g/mol. The highest BCUT2D eigenvalue weighted by molar-refractivity contribution is 5.78. The zero-order valence-corrected chi connectivity index (χ0v) is 13.3. The zero-order chi connectivity index (χ0) is 15.2. The Morgan fingerprint density at radius 1 is 0.565 bits per heavy atom. The van der Waals surface area contributed by atoms with Crippen LogP contribution in [0, 0.1) is 0 Å². The predicted molar refractivity (Wildman–Crippen MR) is 95.6 cm³/mol. The van der Waals surface area contributed by atoms with E-state index in [2.05, 4.69) is 65.6 Å². The summed E-state index contributed by atoms with van der Waals surface area (Å²) in [6.45, 7) is 0. The zero-order valence-electron chi connectivity index (χ0n) is 13.3. The summed E-state index contributed by atoms with van der Waals surface area (Å²) in [5.74, 6) is 1.50. The van der Waals surface area contributed by atoms with Gasteiger partial charge in [-0.05, 0) is 59.8 Å². The van der Waals surface area contributed by atoms with E-state index in [1.807, 2.05) is 0 Å². The fraction of sp³-hybridized carbons (Fsp3) is 0.273. The number of aromatic nitrogens is 1. The Bertz CT molecular complexity index is 751. The lowest BCUT2D eigenvalue weighted by Crippen LogP contribution is -2.21. The number of benzene rings is 2.